The molecule has 0 aliphatic rings. The second-order valence-electron chi connectivity index (χ2n) is 4.78. The standard InChI is InChI=1S/C16H21ClN2/c1-2-3-10-18-12-16-5-4-11-19(16)13-14-6-8-15(17)9-7-14/h4-9,11,18H,2-3,10,12-13H2,1H3. The summed E-state index contributed by atoms with van der Waals surface area (Å²) in [6, 6.07) is 12.3. The molecule has 0 spiro atoms. The fourth-order valence-corrected chi connectivity index (χ4v) is 2.19. The van der Waals surface area contributed by atoms with Gasteiger partial charge in [0.1, 0.15) is 0 Å². The Bertz CT molecular complexity index is 488. The highest BCUT2D eigenvalue weighted by atomic mass is 35.5. The molecule has 0 bridgehead atoms. The van der Waals surface area contributed by atoms with Crippen molar-refractivity contribution in [2.75, 3.05) is 6.54 Å². The Labute approximate surface area is 120 Å². The van der Waals surface area contributed by atoms with E-state index < -0.39 is 0 Å². The maximum absolute atomic E-state index is 5.91. The molecule has 0 unspecified atom stereocenters. The van der Waals surface area contributed by atoms with Gasteiger partial charge in [-0.3, -0.25) is 0 Å². The summed E-state index contributed by atoms with van der Waals surface area (Å²) in [6.45, 7) is 5.13. The summed E-state index contributed by atoms with van der Waals surface area (Å²) in [5, 5.41) is 4.27. The molecule has 0 radical (unpaired) electrons. The Morgan fingerprint density at radius 2 is 1.95 bits per heavy atom. The van der Waals surface area contributed by atoms with E-state index in [0.717, 1.165) is 24.7 Å². The number of rotatable bonds is 7. The lowest BCUT2D eigenvalue weighted by Crippen LogP contribution is -2.17. The van der Waals surface area contributed by atoms with E-state index in [4.69, 9.17) is 11.6 Å². The maximum atomic E-state index is 5.91. The molecule has 0 saturated heterocycles. The van der Waals surface area contributed by atoms with Crippen molar-refractivity contribution in [3.63, 3.8) is 0 Å². The van der Waals surface area contributed by atoms with Crippen LogP contribution in [0.5, 0.6) is 0 Å². The van der Waals surface area contributed by atoms with Gasteiger partial charge in [0.15, 0.2) is 0 Å². The van der Waals surface area contributed by atoms with Gasteiger partial charge in [-0.05, 0) is 42.8 Å². The molecule has 1 aromatic heterocycles. The van der Waals surface area contributed by atoms with Gasteiger partial charge in [-0.25, -0.2) is 0 Å². The highest BCUT2D eigenvalue weighted by molar-refractivity contribution is 6.30. The van der Waals surface area contributed by atoms with E-state index in [1.807, 2.05) is 12.1 Å². The van der Waals surface area contributed by atoms with Crippen molar-refractivity contribution in [3.8, 4) is 0 Å². The predicted octanol–water partition coefficient (Wildman–Crippen LogP) is 4.08. The van der Waals surface area contributed by atoms with Crippen molar-refractivity contribution in [2.45, 2.75) is 32.9 Å². The van der Waals surface area contributed by atoms with Crippen LogP contribution in [0.3, 0.4) is 0 Å². The summed E-state index contributed by atoms with van der Waals surface area (Å²) in [7, 11) is 0. The molecule has 0 aliphatic heterocycles. The van der Waals surface area contributed by atoms with E-state index in [-0.39, 0.29) is 0 Å². The van der Waals surface area contributed by atoms with Crippen LogP contribution in [0.25, 0.3) is 0 Å². The quantitative estimate of drug-likeness (QED) is 0.754. The molecule has 102 valence electrons. The van der Waals surface area contributed by atoms with Gasteiger partial charge in [-0.1, -0.05) is 37.1 Å². The van der Waals surface area contributed by atoms with E-state index in [2.05, 4.69) is 47.3 Å². The number of unbranched alkanes of at least 4 members (excludes halogenated alkanes) is 1. The van der Waals surface area contributed by atoms with E-state index in [1.54, 1.807) is 0 Å². The third-order valence-corrected chi connectivity index (χ3v) is 3.45. The van der Waals surface area contributed by atoms with Crippen molar-refractivity contribution >= 4 is 11.6 Å². The number of hydrogen-bond acceptors (Lipinski definition) is 1. The van der Waals surface area contributed by atoms with Crippen molar-refractivity contribution in [1.29, 1.82) is 0 Å². The lowest BCUT2D eigenvalue weighted by Gasteiger charge is -2.10. The van der Waals surface area contributed by atoms with Gasteiger partial charge >= 0.3 is 0 Å². The van der Waals surface area contributed by atoms with E-state index >= 15 is 0 Å². The van der Waals surface area contributed by atoms with Crippen molar-refractivity contribution in [1.82, 2.24) is 9.88 Å². The summed E-state index contributed by atoms with van der Waals surface area (Å²) >= 11 is 5.91. The Morgan fingerprint density at radius 3 is 2.68 bits per heavy atom. The van der Waals surface area contributed by atoms with Gasteiger partial charge in [0, 0.05) is 30.0 Å². The van der Waals surface area contributed by atoms with Gasteiger partial charge in [0.2, 0.25) is 0 Å². The number of nitrogens with one attached hydrogen (secondary N) is 1. The van der Waals surface area contributed by atoms with Gasteiger partial charge in [-0.2, -0.15) is 0 Å². The first-order valence-corrected chi connectivity index (χ1v) is 7.26. The number of aromatic nitrogens is 1. The first kappa shape index (κ1) is 14.2. The molecule has 2 aromatic rings. The maximum Gasteiger partial charge on any atom is 0.0473 e. The molecule has 1 N–H and O–H groups in total. The van der Waals surface area contributed by atoms with Crippen molar-refractivity contribution in [2.24, 2.45) is 0 Å². The van der Waals surface area contributed by atoms with Crippen LogP contribution >= 0.6 is 11.6 Å². The monoisotopic (exact) mass is 276 g/mol. The van der Waals surface area contributed by atoms with Crippen molar-refractivity contribution < 1.29 is 0 Å². The first-order chi connectivity index (χ1) is 9.29. The molecule has 2 nitrogen and oxygen atoms in total. The highest BCUT2D eigenvalue weighted by Crippen LogP contribution is 2.12. The van der Waals surface area contributed by atoms with Crippen LogP contribution < -0.4 is 5.32 Å². The van der Waals surface area contributed by atoms with Gasteiger partial charge in [0.05, 0.1) is 0 Å². The van der Waals surface area contributed by atoms with E-state index in [1.165, 1.54) is 24.1 Å². The molecular formula is C16H21ClN2. The van der Waals surface area contributed by atoms with Crippen LogP contribution in [0.2, 0.25) is 5.02 Å². The van der Waals surface area contributed by atoms with Crippen LogP contribution in [0.4, 0.5) is 0 Å². The summed E-state index contributed by atoms with van der Waals surface area (Å²) in [5.74, 6) is 0. The predicted molar refractivity (Wildman–Crippen MR) is 81.6 cm³/mol. The number of hydrogen-bond donors (Lipinski definition) is 1. The molecule has 1 heterocycles. The first-order valence-electron chi connectivity index (χ1n) is 6.89. The largest absolute Gasteiger partial charge is 0.346 e. The van der Waals surface area contributed by atoms with Crippen LogP contribution in [0.15, 0.2) is 42.6 Å². The molecule has 0 atom stereocenters. The van der Waals surface area contributed by atoms with Gasteiger partial charge < -0.3 is 9.88 Å². The average Bonchev–Trinajstić information content (AvgIpc) is 2.85. The smallest absolute Gasteiger partial charge is 0.0473 e. The Balaban J connectivity index is 1.93. The molecule has 3 heteroatoms. The summed E-state index contributed by atoms with van der Waals surface area (Å²) < 4.78 is 2.28. The molecule has 19 heavy (non-hydrogen) atoms. The lowest BCUT2D eigenvalue weighted by molar-refractivity contribution is 0.610. The molecule has 0 fully saturated rings. The van der Waals surface area contributed by atoms with Crippen LogP contribution in [-0.2, 0) is 13.1 Å². The summed E-state index contributed by atoms with van der Waals surface area (Å²) in [5.41, 5.74) is 2.60. The highest BCUT2D eigenvalue weighted by Gasteiger charge is 2.01. The topological polar surface area (TPSA) is 17.0 Å². The number of nitrogens with zero attached hydrogens (tertiary/aromatic N) is 1. The zero-order chi connectivity index (χ0) is 13.5. The third-order valence-electron chi connectivity index (χ3n) is 3.20. The number of halogens is 1. The fraction of sp³-hybridized carbons (Fsp3) is 0.375. The van der Waals surface area contributed by atoms with E-state index in [0.29, 0.717) is 0 Å². The normalized spacial score (nSPS) is 10.8. The van der Waals surface area contributed by atoms with E-state index in [9.17, 15) is 0 Å². The van der Waals surface area contributed by atoms with Gasteiger partial charge in [-0.15, -0.1) is 0 Å². The third kappa shape index (κ3) is 4.41. The fourth-order valence-electron chi connectivity index (χ4n) is 2.07. The molecule has 0 aliphatic carbocycles. The SMILES string of the molecule is CCCCNCc1cccn1Cc1ccc(Cl)cc1. The number of benzene rings is 1. The molecule has 0 amide bonds. The Morgan fingerprint density at radius 1 is 1.16 bits per heavy atom. The van der Waals surface area contributed by atoms with Gasteiger partial charge in [0.25, 0.3) is 0 Å². The molecule has 1 aromatic carbocycles. The van der Waals surface area contributed by atoms with Crippen LogP contribution in [0.1, 0.15) is 31.0 Å². The van der Waals surface area contributed by atoms with Crippen molar-refractivity contribution in [3.05, 3.63) is 58.9 Å². The lowest BCUT2D eigenvalue weighted by atomic mass is 10.2. The van der Waals surface area contributed by atoms with Crippen LogP contribution in [0, 0.1) is 0 Å². The second-order valence-corrected chi connectivity index (χ2v) is 5.22. The summed E-state index contributed by atoms with van der Waals surface area (Å²) in [6.07, 6.45) is 4.60. The Kier molecular flexibility index (Phi) is 5.49. The molecular weight excluding hydrogens is 256 g/mol. The minimum Gasteiger partial charge on any atom is -0.346 e. The second kappa shape index (κ2) is 7.37. The molecule has 2 rings (SSSR count). The molecule has 0 saturated carbocycles. The Hall–Kier alpha value is -1.25. The minimum absolute atomic E-state index is 0.790. The van der Waals surface area contributed by atoms with Crippen LogP contribution in [-0.4, -0.2) is 11.1 Å². The average molecular weight is 277 g/mol. The summed E-state index contributed by atoms with van der Waals surface area (Å²) in [4.78, 5) is 0. The minimum atomic E-state index is 0.790. The zero-order valence-corrected chi connectivity index (χ0v) is 12.2. The zero-order valence-electron chi connectivity index (χ0n) is 11.4.